The van der Waals surface area contributed by atoms with E-state index in [1.807, 2.05) is 12.1 Å². The zero-order chi connectivity index (χ0) is 14.5. The summed E-state index contributed by atoms with van der Waals surface area (Å²) in [5, 5.41) is 2.78. The van der Waals surface area contributed by atoms with Crippen molar-refractivity contribution in [3.05, 3.63) is 28.7 Å². The maximum absolute atomic E-state index is 11.6. The summed E-state index contributed by atoms with van der Waals surface area (Å²) in [7, 11) is 0. The van der Waals surface area contributed by atoms with Crippen LogP contribution in [0.2, 0.25) is 0 Å². The normalized spacial score (nSPS) is 15.3. The number of ether oxygens (including phenoxy) is 2. The van der Waals surface area contributed by atoms with Crippen LogP contribution in [0.3, 0.4) is 0 Å². The Kier molecular flexibility index (Phi) is 5.00. The lowest BCUT2D eigenvalue weighted by molar-refractivity contribution is -0.156. The molecule has 1 saturated carbocycles. The number of benzene rings is 1. The molecule has 0 aromatic heterocycles. The third kappa shape index (κ3) is 4.85. The topological polar surface area (TPSA) is 64.6 Å². The van der Waals surface area contributed by atoms with E-state index in [1.165, 1.54) is 0 Å². The molecule has 1 fully saturated rings. The van der Waals surface area contributed by atoms with E-state index in [1.54, 1.807) is 19.1 Å². The second-order valence-corrected chi connectivity index (χ2v) is 5.57. The number of carbonyl (C=O) groups excluding carboxylic acids is 2. The van der Waals surface area contributed by atoms with Gasteiger partial charge >= 0.3 is 5.97 Å². The summed E-state index contributed by atoms with van der Waals surface area (Å²) < 4.78 is 11.2. The monoisotopic (exact) mass is 341 g/mol. The molecule has 20 heavy (non-hydrogen) atoms. The van der Waals surface area contributed by atoms with Crippen LogP contribution in [-0.4, -0.2) is 30.6 Å². The first-order chi connectivity index (χ1) is 9.54. The molecular weight excluding hydrogens is 326 g/mol. The SMILES string of the molecule is C[C@H](OC(=O)COc1ccc(Br)cc1)C(=O)NC1CC1. The summed E-state index contributed by atoms with van der Waals surface area (Å²) in [4.78, 5) is 23.2. The largest absolute Gasteiger partial charge is 0.482 e. The maximum Gasteiger partial charge on any atom is 0.344 e. The highest BCUT2D eigenvalue weighted by Crippen LogP contribution is 2.19. The van der Waals surface area contributed by atoms with Crippen LogP contribution in [-0.2, 0) is 14.3 Å². The molecule has 0 spiro atoms. The van der Waals surface area contributed by atoms with Crippen molar-refractivity contribution in [3.63, 3.8) is 0 Å². The highest BCUT2D eigenvalue weighted by atomic mass is 79.9. The van der Waals surface area contributed by atoms with Crippen LogP contribution in [0.15, 0.2) is 28.7 Å². The molecule has 2 rings (SSSR count). The predicted octanol–water partition coefficient (Wildman–Crippen LogP) is 2.04. The van der Waals surface area contributed by atoms with E-state index in [-0.39, 0.29) is 18.6 Å². The Bertz CT molecular complexity index is 484. The minimum Gasteiger partial charge on any atom is -0.482 e. The van der Waals surface area contributed by atoms with Gasteiger partial charge in [-0.15, -0.1) is 0 Å². The van der Waals surface area contributed by atoms with Gasteiger partial charge in [0.25, 0.3) is 5.91 Å². The average molecular weight is 342 g/mol. The van der Waals surface area contributed by atoms with Crippen molar-refractivity contribution in [2.75, 3.05) is 6.61 Å². The molecular formula is C14H16BrNO4. The molecule has 1 amide bonds. The molecule has 0 aliphatic heterocycles. The van der Waals surface area contributed by atoms with E-state index < -0.39 is 12.1 Å². The third-order valence-corrected chi connectivity index (χ3v) is 3.30. The quantitative estimate of drug-likeness (QED) is 0.804. The first-order valence-corrected chi connectivity index (χ1v) is 7.22. The van der Waals surface area contributed by atoms with Crippen molar-refractivity contribution in [2.24, 2.45) is 0 Å². The highest BCUT2D eigenvalue weighted by molar-refractivity contribution is 9.10. The fourth-order valence-corrected chi connectivity index (χ4v) is 1.77. The van der Waals surface area contributed by atoms with Gasteiger partial charge in [0.05, 0.1) is 0 Å². The fourth-order valence-electron chi connectivity index (χ4n) is 1.50. The van der Waals surface area contributed by atoms with E-state index >= 15 is 0 Å². The van der Waals surface area contributed by atoms with Gasteiger partial charge < -0.3 is 14.8 Å². The first kappa shape index (κ1) is 14.8. The van der Waals surface area contributed by atoms with Crippen LogP contribution < -0.4 is 10.1 Å². The lowest BCUT2D eigenvalue weighted by Crippen LogP contribution is -2.37. The summed E-state index contributed by atoms with van der Waals surface area (Å²) in [6.07, 6.45) is 1.20. The molecule has 1 aliphatic rings. The van der Waals surface area contributed by atoms with E-state index in [0.29, 0.717) is 5.75 Å². The number of amides is 1. The third-order valence-electron chi connectivity index (χ3n) is 2.77. The van der Waals surface area contributed by atoms with Crippen molar-refractivity contribution in [2.45, 2.75) is 31.9 Å². The van der Waals surface area contributed by atoms with Gasteiger partial charge in [0, 0.05) is 10.5 Å². The van der Waals surface area contributed by atoms with Crippen LogP contribution >= 0.6 is 15.9 Å². The molecule has 108 valence electrons. The van der Waals surface area contributed by atoms with E-state index in [0.717, 1.165) is 17.3 Å². The van der Waals surface area contributed by atoms with Gasteiger partial charge in [-0.1, -0.05) is 15.9 Å². The fraction of sp³-hybridized carbons (Fsp3) is 0.429. The number of hydrogen-bond acceptors (Lipinski definition) is 4. The van der Waals surface area contributed by atoms with Crippen LogP contribution in [0.4, 0.5) is 0 Å². The van der Waals surface area contributed by atoms with Crippen molar-refractivity contribution in [3.8, 4) is 5.75 Å². The first-order valence-electron chi connectivity index (χ1n) is 6.43. The number of esters is 1. The van der Waals surface area contributed by atoms with Crippen LogP contribution in [0.25, 0.3) is 0 Å². The standard InChI is InChI=1S/C14H16BrNO4/c1-9(14(18)16-11-4-5-11)20-13(17)8-19-12-6-2-10(15)3-7-12/h2-3,6-7,9,11H,4-5,8H2,1H3,(H,16,18)/t9-/m0/s1. The van der Waals surface area contributed by atoms with Crippen LogP contribution in [0.5, 0.6) is 5.75 Å². The van der Waals surface area contributed by atoms with E-state index in [4.69, 9.17) is 9.47 Å². The molecule has 1 atom stereocenters. The van der Waals surface area contributed by atoms with Crippen LogP contribution in [0, 0.1) is 0 Å². The second kappa shape index (κ2) is 6.74. The number of halogens is 1. The van der Waals surface area contributed by atoms with Gasteiger partial charge in [-0.05, 0) is 44.0 Å². The molecule has 0 unspecified atom stereocenters. The average Bonchev–Trinajstić information content (AvgIpc) is 3.22. The van der Waals surface area contributed by atoms with Gasteiger partial charge in [-0.3, -0.25) is 4.79 Å². The van der Waals surface area contributed by atoms with Gasteiger partial charge in [0.1, 0.15) is 5.75 Å². The zero-order valence-corrected chi connectivity index (χ0v) is 12.7. The summed E-state index contributed by atoms with van der Waals surface area (Å²) >= 11 is 3.31. The van der Waals surface area contributed by atoms with Gasteiger partial charge in [0.2, 0.25) is 0 Å². The predicted molar refractivity (Wildman–Crippen MR) is 76.4 cm³/mol. The van der Waals surface area contributed by atoms with Crippen molar-refractivity contribution >= 4 is 27.8 Å². The molecule has 1 N–H and O–H groups in total. The molecule has 0 saturated heterocycles. The summed E-state index contributed by atoms with van der Waals surface area (Å²) in [5.41, 5.74) is 0. The van der Waals surface area contributed by atoms with Crippen molar-refractivity contribution in [1.29, 1.82) is 0 Å². The maximum atomic E-state index is 11.6. The number of carbonyl (C=O) groups is 2. The van der Waals surface area contributed by atoms with Gasteiger partial charge in [0.15, 0.2) is 12.7 Å². The summed E-state index contributed by atoms with van der Waals surface area (Å²) in [6.45, 7) is 1.33. The Morgan fingerprint density at radius 3 is 2.60 bits per heavy atom. The molecule has 6 heteroatoms. The Balaban J connectivity index is 1.71. The molecule has 1 aliphatic carbocycles. The minimum atomic E-state index is -0.795. The van der Waals surface area contributed by atoms with E-state index in [9.17, 15) is 9.59 Å². The highest BCUT2D eigenvalue weighted by Gasteiger charge is 2.27. The molecule has 5 nitrogen and oxygen atoms in total. The lowest BCUT2D eigenvalue weighted by Gasteiger charge is -2.13. The Morgan fingerprint density at radius 2 is 2.00 bits per heavy atom. The molecule has 0 bridgehead atoms. The number of rotatable bonds is 6. The molecule has 0 radical (unpaired) electrons. The van der Waals surface area contributed by atoms with E-state index in [2.05, 4.69) is 21.2 Å². The molecule has 1 aromatic carbocycles. The smallest absolute Gasteiger partial charge is 0.344 e. The van der Waals surface area contributed by atoms with Gasteiger partial charge in [-0.25, -0.2) is 4.79 Å². The summed E-state index contributed by atoms with van der Waals surface area (Å²) in [6, 6.07) is 7.35. The zero-order valence-electron chi connectivity index (χ0n) is 11.1. The van der Waals surface area contributed by atoms with Crippen LogP contribution in [0.1, 0.15) is 19.8 Å². The molecule has 0 heterocycles. The number of nitrogens with one attached hydrogen (secondary N) is 1. The molecule has 1 aromatic rings. The minimum absolute atomic E-state index is 0.220. The second-order valence-electron chi connectivity index (χ2n) is 4.66. The Hall–Kier alpha value is -1.56. The Labute approximate surface area is 125 Å². The van der Waals surface area contributed by atoms with Crippen molar-refractivity contribution < 1.29 is 19.1 Å². The summed E-state index contributed by atoms with van der Waals surface area (Å²) in [5.74, 6) is -0.254. The van der Waals surface area contributed by atoms with Crippen molar-refractivity contribution in [1.82, 2.24) is 5.32 Å². The number of hydrogen-bond donors (Lipinski definition) is 1. The lowest BCUT2D eigenvalue weighted by atomic mass is 10.3. The Morgan fingerprint density at radius 1 is 1.35 bits per heavy atom. The van der Waals surface area contributed by atoms with Gasteiger partial charge in [-0.2, -0.15) is 0 Å².